The molecule has 0 saturated heterocycles. The minimum absolute atomic E-state index is 0.451. The van der Waals surface area contributed by atoms with E-state index in [0.717, 1.165) is 19.3 Å². The normalized spacial score (nSPS) is 12.7. The molecule has 1 atom stereocenters. The zero-order chi connectivity index (χ0) is 10.8. The van der Waals surface area contributed by atoms with Crippen LogP contribution < -0.4 is 16.8 Å². The number of aliphatic carboxylic acids is 1. The van der Waals surface area contributed by atoms with E-state index in [1.54, 1.807) is 0 Å². The smallest absolute Gasteiger partial charge is 0.320 e. The van der Waals surface area contributed by atoms with E-state index in [0.29, 0.717) is 26.1 Å². The number of unbranched alkanes of at least 4 members (excludes halogenated alkanes) is 1. The van der Waals surface area contributed by atoms with Crippen LogP contribution in [0.2, 0.25) is 0 Å². The van der Waals surface area contributed by atoms with E-state index in [2.05, 4.69) is 5.32 Å². The van der Waals surface area contributed by atoms with Gasteiger partial charge < -0.3 is 21.9 Å². The van der Waals surface area contributed by atoms with Crippen molar-refractivity contribution in [3.05, 3.63) is 0 Å². The third-order valence-corrected chi connectivity index (χ3v) is 2.02. The highest BCUT2D eigenvalue weighted by Crippen LogP contribution is 2.00. The third-order valence-electron chi connectivity index (χ3n) is 2.02. The Hall–Kier alpha value is -0.650. The van der Waals surface area contributed by atoms with Crippen molar-refractivity contribution < 1.29 is 9.90 Å². The standard InChI is InChI=1S/C9H21N3O2/c10-5-2-1-4-8(9(13)14)12-7-3-6-11/h8,12H,1-7,10-11H2,(H,13,14). The van der Waals surface area contributed by atoms with Crippen LogP contribution in [0.4, 0.5) is 0 Å². The lowest BCUT2D eigenvalue weighted by Gasteiger charge is -2.13. The predicted octanol–water partition coefficient (Wildman–Crippen LogP) is -0.493. The summed E-state index contributed by atoms with van der Waals surface area (Å²) < 4.78 is 0. The first kappa shape index (κ1) is 13.4. The Morgan fingerprint density at radius 2 is 1.86 bits per heavy atom. The molecule has 0 amide bonds. The van der Waals surface area contributed by atoms with Crippen LogP contribution in [-0.2, 0) is 4.79 Å². The van der Waals surface area contributed by atoms with Crippen LogP contribution in [0.15, 0.2) is 0 Å². The van der Waals surface area contributed by atoms with Crippen molar-refractivity contribution in [2.24, 2.45) is 11.5 Å². The van der Waals surface area contributed by atoms with E-state index in [4.69, 9.17) is 16.6 Å². The van der Waals surface area contributed by atoms with Crippen LogP contribution in [0.1, 0.15) is 25.7 Å². The molecular weight excluding hydrogens is 182 g/mol. The molecular formula is C9H21N3O2. The number of carboxylic acid groups (broad SMARTS) is 1. The van der Waals surface area contributed by atoms with Gasteiger partial charge >= 0.3 is 5.97 Å². The van der Waals surface area contributed by atoms with E-state index in [1.165, 1.54) is 0 Å². The van der Waals surface area contributed by atoms with Crippen molar-refractivity contribution in [2.45, 2.75) is 31.7 Å². The lowest BCUT2D eigenvalue weighted by Crippen LogP contribution is -2.37. The first-order valence-electron chi connectivity index (χ1n) is 5.08. The molecule has 0 aliphatic rings. The summed E-state index contributed by atoms with van der Waals surface area (Å²) in [5.41, 5.74) is 10.6. The van der Waals surface area contributed by atoms with Crippen molar-refractivity contribution in [1.29, 1.82) is 0 Å². The number of nitrogens with one attached hydrogen (secondary N) is 1. The molecule has 0 aromatic rings. The summed E-state index contributed by atoms with van der Waals surface area (Å²) in [5.74, 6) is -0.793. The summed E-state index contributed by atoms with van der Waals surface area (Å²) in [6.45, 7) is 1.87. The minimum atomic E-state index is -0.793. The van der Waals surface area contributed by atoms with Gasteiger partial charge in [-0.05, 0) is 38.9 Å². The summed E-state index contributed by atoms with van der Waals surface area (Å²) in [6.07, 6.45) is 3.17. The second-order valence-corrected chi connectivity index (χ2v) is 3.27. The molecule has 84 valence electrons. The fourth-order valence-corrected chi connectivity index (χ4v) is 1.18. The third kappa shape index (κ3) is 6.82. The van der Waals surface area contributed by atoms with Gasteiger partial charge in [-0.2, -0.15) is 0 Å². The molecule has 0 fully saturated rings. The average Bonchev–Trinajstić information content (AvgIpc) is 2.15. The maximum Gasteiger partial charge on any atom is 0.320 e. The Labute approximate surface area is 84.8 Å². The number of carbonyl (C=O) groups is 1. The van der Waals surface area contributed by atoms with E-state index in [9.17, 15) is 4.79 Å². The predicted molar refractivity (Wildman–Crippen MR) is 56.0 cm³/mol. The molecule has 0 aliphatic heterocycles. The van der Waals surface area contributed by atoms with Gasteiger partial charge in [0.25, 0.3) is 0 Å². The number of rotatable bonds is 9. The van der Waals surface area contributed by atoms with Crippen LogP contribution in [0.25, 0.3) is 0 Å². The fourth-order valence-electron chi connectivity index (χ4n) is 1.18. The van der Waals surface area contributed by atoms with Crippen LogP contribution in [-0.4, -0.2) is 36.8 Å². The van der Waals surface area contributed by atoms with E-state index in [-0.39, 0.29) is 0 Å². The second kappa shape index (κ2) is 8.93. The van der Waals surface area contributed by atoms with Crippen molar-refractivity contribution >= 4 is 5.97 Å². The first-order valence-corrected chi connectivity index (χ1v) is 5.08. The van der Waals surface area contributed by atoms with Gasteiger partial charge in [0.1, 0.15) is 6.04 Å². The zero-order valence-electron chi connectivity index (χ0n) is 8.54. The number of hydrogen-bond donors (Lipinski definition) is 4. The highest BCUT2D eigenvalue weighted by atomic mass is 16.4. The van der Waals surface area contributed by atoms with Gasteiger partial charge in [-0.25, -0.2) is 0 Å². The van der Waals surface area contributed by atoms with Gasteiger partial charge in [0.15, 0.2) is 0 Å². The molecule has 1 unspecified atom stereocenters. The van der Waals surface area contributed by atoms with Crippen LogP contribution in [0.3, 0.4) is 0 Å². The molecule has 0 aromatic carbocycles. The lowest BCUT2D eigenvalue weighted by molar-refractivity contribution is -0.139. The van der Waals surface area contributed by atoms with Gasteiger partial charge in [0.05, 0.1) is 0 Å². The molecule has 0 rings (SSSR count). The zero-order valence-corrected chi connectivity index (χ0v) is 8.54. The largest absolute Gasteiger partial charge is 0.480 e. The molecule has 5 nitrogen and oxygen atoms in total. The molecule has 0 heterocycles. The maximum absolute atomic E-state index is 10.8. The monoisotopic (exact) mass is 203 g/mol. The SMILES string of the molecule is NCCCCC(NCCCN)C(=O)O. The van der Waals surface area contributed by atoms with E-state index >= 15 is 0 Å². The fraction of sp³-hybridized carbons (Fsp3) is 0.889. The molecule has 0 spiro atoms. The first-order chi connectivity index (χ1) is 6.72. The minimum Gasteiger partial charge on any atom is -0.480 e. The average molecular weight is 203 g/mol. The van der Waals surface area contributed by atoms with Crippen molar-refractivity contribution in [3.8, 4) is 0 Å². The van der Waals surface area contributed by atoms with Gasteiger partial charge in [-0.15, -0.1) is 0 Å². The topological polar surface area (TPSA) is 101 Å². The Kier molecular flexibility index (Phi) is 8.51. The summed E-state index contributed by atoms with van der Waals surface area (Å²) in [5, 5.41) is 11.8. The van der Waals surface area contributed by atoms with E-state index in [1.807, 2.05) is 0 Å². The Morgan fingerprint density at radius 1 is 1.21 bits per heavy atom. The molecule has 0 radical (unpaired) electrons. The highest BCUT2D eigenvalue weighted by Gasteiger charge is 2.14. The Bertz CT molecular complexity index is 143. The molecule has 6 N–H and O–H groups in total. The van der Waals surface area contributed by atoms with Gasteiger partial charge in [-0.1, -0.05) is 6.42 Å². The summed E-state index contributed by atoms with van der Waals surface area (Å²) in [6, 6.07) is -0.451. The molecule has 0 aromatic heterocycles. The summed E-state index contributed by atoms with van der Waals surface area (Å²) >= 11 is 0. The summed E-state index contributed by atoms with van der Waals surface area (Å²) in [7, 11) is 0. The van der Waals surface area contributed by atoms with Gasteiger partial charge in [0.2, 0.25) is 0 Å². The molecule has 0 aliphatic carbocycles. The lowest BCUT2D eigenvalue weighted by atomic mass is 10.1. The van der Waals surface area contributed by atoms with E-state index < -0.39 is 12.0 Å². The van der Waals surface area contributed by atoms with Gasteiger partial charge in [0, 0.05) is 0 Å². The van der Waals surface area contributed by atoms with Crippen molar-refractivity contribution in [3.63, 3.8) is 0 Å². The van der Waals surface area contributed by atoms with Crippen molar-refractivity contribution in [2.75, 3.05) is 19.6 Å². The van der Waals surface area contributed by atoms with Gasteiger partial charge in [-0.3, -0.25) is 4.79 Å². The van der Waals surface area contributed by atoms with Crippen LogP contribution in [0.5, 0.6) is 0 Å². The summed E-state index contributed by atoms with van der Waals surface area (Å²) in [4.78, 5) is 10.8. The molecule has 5 heteroatoms. The van der Waals surface area contributed by atoms with Crippen LogP contribution >= 0.6 is 0 Å². The highest BCUT2D eigenvalue weighted by molar-refractivity contribution is 5.73. The second-order valence-electron chi connectivity index (χ2n) is 3.27. The molecule has 0 bridgehead atoms. The molecule has 14 heavy (non-hydrogen) atoms. The Balaban J connectivity index is 3.61. The number of carboxylic acids is 1. The van der Waals surface area contributed by atoms with Crippen molar-refractivity contribution in [1.82, 2.24) is 5.32 Å². The maximum atomic E-state index is 10.8. The Morgan fingerprint density at radius 3 is 2.36 bits per heavy atom. The van der Waals surface area contributed by atoms with Crippen LogP contribution in [0, 0.1) is 0 Å². The number of hydrogen-bond acceptors (Lipinski definition) is 4. The quantitative estimate of drug-likeness (QED) is 0.379. The molecule has 0 saturated carbocycles. The number of nitrogens with two attached hydrogens (primary N) is 2.